The number of allylic oxidation sites excluding steroid dienone is 1. The summed E-state index contributed by atoms with van der Waals surface area (Å²) in [5, 5.41) is 0. The molecular weight excluding hydrogens is 134 g/mol. The van der Waals surface area contributed by atoms with Gasteiger partial charge in [0.2, 0.25) is 0 Å². The average Bonchev–Trinajstić information content (AvgIpc) is 2.30. The first-order valence-electron chi connectivity index (χ1n) is 4.79. The van der Waals surface area contributed by atoms with Gasteiger partial charge in [-0.1, -0.05) is 25.0 Å². The van der Waals surface area contributed by atoms with E-state index in [1.807, 2.05) is 0 Å². The molecule has 0 unspecified atom stereocenters. The summed E-state index contributed by atoms with van der Waals surface area (Å²) < 4.78 is 0. The molecule has 0 saturated carbocycles. The second-order valence-corrected chi connectivity index (χ2v) is 3.39. The molecule has 0 aromatic heterocycles. The predicted octanol–water partition coefficient (Wildman–Crippen LogP) is 2.61. The van der Waals surface area contributed by atoms with E-state index in [2.05, 4.69) is 13.0 Å². The fourth-order valence-electron chi connectivity index (χ4n) is 1.64. The third kappa shape index (κ3) is 2.66. The number of nitrogens with two attached hydrogens (primary N) is 1. The number of hydrogen-bond acceptors (Lipinski definition) is 1. The van der Waals surface area contributed by atoms with Crippen LogP contribution in [0.5, 0.6) is 0 Å². The van der Waals surface area contributed by atoms with Gasteiger partial charge < -0.3 is 5.73 Å². The Kier molecular flexibility index (Phi) is 3.64. The first-order valence-corrected chi connectivity index (χ1v) is 4.79. The number of rotatable bonds is 2. The van der Waals surface area contributed by atoms with Crippen molar-refractivity contribution < 1.29 is 0 Å². The van der Waals surface area contributed by atoms with E-state index >= 15 is 0 Å². The minimum absolute atomic E-state index is 0.341. The molecule has 0 amide bonds. The molecule has 0 spiro atoms. The molecule has 64 valence electrons. The van der Waals surface area contributed by atoms with E-state index in [0.29, 0.717) is 6.04 Å². The van der Waals surface area contributed by atoms with E-state index in [4.69, 9.17) is 5.73 Å². The summed E-state index contributed by atoms with van der Waals surface area (Å²) in [5.74, 6) is 0. The molecule has 11 heavy (non-hydrogen) atoms. The first-order chi connectivity index (χ1) is 5.34. The van der Waals surface area contributed by atoms with Crippen molar-refractivity contribution in [2.45, 2.75) is 51.5 Å². The highest BCUT2D eigenvalue weighted by molar-refractivity contribution is 5.10. The summed E-state index contributed by atoms with van der Waals surface area (Å²) in [5.41, 5.74) is 7.45. The zero-order chi connectivity index (χ0) is 8.10. The first kappa shape index (κ1) is 8.79. The van der Waals surface area contributed by atoms with E-state index in [0.717, 1.165) is 6.42 Å². The zero-order valence-electron chi connectivity index (χ0n) is 7.47. The van der Waals surface area contributed by atoms with Crippen molar-refractivity contribution in [1.82, 2.24) is 0 Å². The molecular formula is C10H19N. The molecule has 0 aliphatic heterocycles. The van der Waals surface area contributed by atoms with Crippen LogP contribution in [0.3, 0.4) is 0 Å². The molecule has 0 bridgehead atoms. The Balaban J connectivity index is 2.46. The molecule has 0 heterocycles. The van der Waals surface area contributed by atoms with Gasteiger partial charge in [0.25, 0.3) is 0 Å². The summed E-state index contributed by atoms with van der Waals surface area (Å²) in [4.78, 5) is 0. The lowest BCUT2D eigenvalue weighted by Gasteiger charge is -2.11. The Morgan fingerprint density at radius 1 is 1.45 bits per heavy atom. The van der Waals surface area contributed by atoms with Gasteiger partial charge in [-0.3, -0.25) is 0 Å². The summed E-state index contributed by atoms with van der Waals surface area (Å²) in [6, 6.07) is 0.341. The van der Waals surface area contributed by atoms with Crippen molar-refractivity contribution >= 4 is 0 Å². The third-order valence-electron chi connectivity index (χ3n) is 2.49. The maximum atomic E-state index is 5.95. The maximum absolute atomic E-state index is 5.95. The molecule has 0 fully saturated rings. The summed E-state index contributed by atoms with van der Waals surface area (Å²) in [7, 11) is 0. The monoisotopic (exact) mass is 153 g/mol. The summed E-state index contributed by atoms with van der Waals surface area (Å²) in [6.45, 7) is 2.16. The highest BCUT2D eigenvalue weighted by Crippen LogP contribution is 2.19. The summed E-state index contributed by atoms with van der Waals surface area (Å²) in [6.07, 6.45) is 10.0. The highest BCUT2D eigenvalue weighted by atomic mass is 14.6. The van der Waals surface area contributed by atoms with Gasteiger partial charge in [0, 0.05) is 6.04 Å². The fraction of sp³-hybridized carbons (Fsp3) is 0.800. The third-order valence-corrected chi connectivity index (χ3v) is 2.49. The van der Waals surface area contributed by atoms with E-state index in [-0.39, 0.29) is 0 Å². The van der Waals surface area contributed by atoms with Crippen LogP contribution in [0.15, 0.2) is 11.6 Å². The lowest BCUT2D eigenvalue weighted by atomic mass is 10.0. The van der Waals surface area contributed by atoms with Crippen molar-refractivity contribution in [3.63, 3.8) is 0 Å². The second-order valence-electron chi connectivity index (χ2n) is 3.39. The average molecular weight is 153 g/mol. The van der Waals surface area contributed by atoms with Crippen LogP contribution in [0.1, 0.15) is 45.4 Å². The van der Waals surface area contributed by atoms with Gasteiger partial charge in [-0.05, 0) is 32.1 Å². The molecule has 0 radical (unpaired) electrons. The van der Waals surface area contributed by atoms with Crippen LogP contribution in [0.25, 0.3) is 0 Å². The van der Waals surface area contributed by atoms with E-state index in [9.17, 15) is 0 Å². The topological polar surface area (TPSA) is 26.0 Å². The van der Waals surface area contributed by atoms with E-state index < -0.39 is 0 Å². The van der Waals surface area contributed by atoms with Crippen LogP contribution in [0, 0.1) is 0 Å². The minimum Gasteiger partial charge on any atom is -0.324 e. The van der Waals surface area contributed by atoms with E-state index in [1.165, 1.54) is 37.7 Å². The lowest BCUT2D eigenvalue weighted by Crippen LogP contribution is -2.21. The lowest BCUT2D eigenvalue weighted by molar-refractivity contribution is 0.663. The molecule has 0 aromatic rings. The maximum Gasteiger partial charge on any atom is 0.0250 e. The Labute approximate surface area is 69.7 Å². The van der Waals surface area contributed by atoms with Crippen LogP contribution in [-0.4, -0.2) is 6.04 Å². The van der Waals surface area contributed by atoms with Crippen LogP contribution in [-0.2, 0) is 0 Å². The van der Waals surface area contributed by atoms with Crippen LogP contribution in [0.2, 0.25) is 0 Å². The van der Waals surface area contributed by atoms with Crippen molar-refractivity contribution in [3.8, 4) is 0 Å². The Morgan fingerprint density at radius 2 is 2.27 bits per heavy atom. The molecule has 0 saturated heterocycles. The molecule has 2 N–H and O–H groups in total. The quantitative estimate of drug-likeness (QED) is 0.606. The Bertz CT molecular complexity index is 138. The molecule has 1 aliphatic rings. The number of hydrogen-bond donors (Lipinski definition) is 1. The van der Waals surface area contributed by atoms with Gasteiger partial charge >= 0.3 is 0 Å². The second kappa shape index (κ2) is 4.55. The minimum atomic E-state index is 0.341. The van der Waals surface area contributed by atoms with Gasteiger partial charge in [0.05, 0.1) is 0 Å². The SMILES string of the molecule is CC[C@H](N)C1=CCCCCC1. The zero-order valence-corrected chi connectivity index (χ0v) is 7.47. The molecule has 1 heteroatoms. The van der Waals surface area contributed by atoms with Gasteiger partial charge in [-0.2, -0.15) is 0 Å². The van der Waals surface area contributed by atoms with Crippen LogP contribution < -0.4 is 5.73 Å². The molecule has 1 atom stereocenters. The highest BCUT2D eigenvalue weighted by Gasteiger charge is 2.08. The Morgan fingerprint density at radius 3 is 3.00 bits per heavy atom. The molecule has 0 aromatic carbocycles. The van der Waals surface area contributed by atoms with Gasteiger partial charge in [0.1, 0.15) is 0 Å². The summed E-state index contributed by atoms with van der Waals surface area (Å²) >= 11 is 0. The predicted molar refractivity (Wildman–Crippen MR) is 49.4 cm³/mol. The Hall–Kier alpha value is -0.300. The molecule has 1 nitrogen and oxygen atoms in total. The van der Waals surface area contributed by atoms with Crippen molar-refractivity contribution in [2.75, 3.05) is 0 Å². The molecule has 1 rings (SSSR count). The standard InChI is InChI=1S/C10H19N/c1-2-10(11)9-7-5-3-4-6-8-9/h7,10H,2-6,8,11H2,1H3/t10-/m0/s1. The normalized spacial score (nSPS) is 22.2. The van der Waals surface area contributed by atoms with Crippen molar-refractivity contribution in [3.05, 3.63) is 11.6 Å². The fourth-order valence-corrected chi connectivity index (χ4v) is 1.64. The van der Waals surface area contributed by atoms with Crippen molar-refractivity contribution in [1.29, 1.82) is 0 Å². The van der Waals surface area contributed by atoms with Gasteiger partial charge in [0.15, 0.2) is 0 Å². The van der Waals surface area contributed by atoms with Crippen molar-refractivity contribution in [2.24, 2.45) is 5.73 Å². The van der Waals surface area contributed by atoms with Crippen LogP contribution >= 0.6 is 0 Å². The molecule has 1 aliphatic carbocycles. The largest absolute Gasteiger partial charge is 0.324 e. The van der Waals surface area contributed by atoms with Gasteiger partial charge in [-0.25, -0.2) is 0 Å². The van der Waals surface area contributed by atoms with Crippen LogP contribution in [0.4, 0.5) is 0 Å². The van der Waals surface area contributed by atoms with E-state index in [1.54, 1.807) is 0 Å². The smallest absolute Gasteiger partial charge is 0.0250 e. The van der Waals surface area contributed by atoms with Gasteiger partial charge in [-0.15, -0.1) is 0 Å².